The Hall–Kier alpha value is -2.91. The lowest BCUT2D eigenvalue weighted by Gasteiger charge is -2.08. The van der Waals surface area contributed by atoms with Crippen molar-refractivity contribution in [3.63, 3.8) is 0 Å². The van der Waals surface area contributed by atoms with Crippen molar-refractivity contribution in [1.82, 2.24) is 30.4 Å². The number of amides is 2. The molecule has 3 aromatic rings. The number of halogens is 2. The van der Waals surface area contributed by atoms with Crippen LogP contribution in [0, 0.1) is 6.92 Å². The number of aryl methyl sites for hydroxylation is 1. The van der Waals surface area contributed by atoms with Crippen LogP contribution in [0.5, 0.6) is 5.75 Å². The van der Waals surface area contributed by atoms with Gasteiger partial charge in [-0.15, -0.1) is 5.10 Å². The summed E-state index contributed by atoms with van der Waals surface area (Å²) in [6.45, 7) is 2.09. The Morgan fingerprint density at radius 3 is 2.79 bits per heavy atom. The number of ether oxygens (including phenoxy) is 1. The van der Waals surface area contributed by atoms with Crippen LogP contribution in [-0.2, 0) is 4.79 Å². The van der Waals surface area contributed by atoms with Gasteiger partial charge in [-0.3, -0.25) is 20.4 Å². The minimum Gasteiger partial charge on any atom is -0.492 e. The first-order chi connectivity index (χ1) is 13.4. The van der Waals surface area contributed by atoms with Crippen LogP contribution < -0.4 is 15.6 Å². The van der Waals surface area contributed by atoms with E-state index in [-0.39, 0.29) is 24.8 Å². The van der Waals surface area contributed by atoms with Crippen LogP contribution in [-0.4, -0.2) is 38.0 Å². The van der Waals surface area contributed by atoms with Crippen LogP contribution >= 0.6 is 23.2 Å². The highest BCUT2D eigenvalue weighted by Crippen LogP contribution is 2.27. The SMILES string of the molecule is Cc1ccnc2nc(C(=O)NNC(=O)CCCOc3ccc(Cl)cc3Cl)nn12. The average Bonchev–Trinajstić information content (AvgIpc) is 3.10. The van der Waals surface area contributed by atoms with Crippen molar-refractivity contribution in [3.05, 3.63) is 52.0 Å². The van der Waals surface area contributed by atoms with Gasteiger partial charge in [0.1, 0.15) is 5.75 Å². The van der Waals surface area contributed by atoms with E-state index in [9.17, 15) is 9.59 Å². The van der Waals surface area contributed by atoms with E-state index in [4.69, 9.17) is 27.9 Å². The van der Waals surface area contributed by atoms with Crippen LogP contribution in [0.1, 0.15) is 29.2 Å². The van der Waals surface area contributed by atoms with Crippen molar-refractivity contribution in [2.75, 3.05) is 6.61 Å². The van der Waals surface area contributed by atoms with Gasteiger partial charge in [-0.05, 0) is 37.6 Å². The Labute approximate surface area is 170 Å². The first-order valence-corrected chi connectivity index (χ1v) is 9.05. The molecule has 2 aromatic heterocycles. The fourth-order valence-electron chi connectivity index (χ4n) is 2.25. The second kappa shape index (κ2) is 8.85. The highest BCUT2D eigenvalue weighted by Gasteiger charge is 2.15. The molecule has 28 heavy (non-hydrogen) atoms. The molecule has 0 radical (unpaired) electrons. The van der Waals surface area contributed by atoms with E-state index in [1.54, 1.807) is 30.5 Å². The summed E-state index contributed by atoms with van der Waals surface area (Å²) in [6.07, 6.45) is 2.14. The molecule has 0 fully saturated rings. The Kier molecular flexibility index (Phi) is 6.27. The van der Waals surface area contributed by atoms with Gasteiger partial charge in [-0.1, -0.05) is 23.2 Å². The lowest BCUT2D eigenvalue weighted by atomic mass is 10.3. The zero-order valence-corrected chi connectivity index (χ0v) is 16.3. The van der Waals surface area contributed by atoms with Gasteiger partial charge in [0.15, 0.2) is 0 Å². The molecule has 0 saturated heterocycles. The van der Waals surface area contributed by atoms with Crippen molar-refractivity contribution in [3.8, 4) is 5.75 Å². The molecule has 0 aliphatic carbocycles. The second-order valence-electron chi connectivity index (χ2n) is 5.76. The van der Waals surface area contributed by atoms with Crippen molar-refractivity contribution < 1.29 is 14.3 Å². The molecular formula is C17H16Cl2N6O3. The second-order valence-corrected chi connectivity index (χ2v) is 6.61. The quantitative estimate of drug-likeness (QED) is 0.465. The third kappa shape index (κ3) is 4.87. The van der Waals surface area contributed by atoms with Gasteiger partial charge in [0.05, 0.1) is 11.6 Å². The van der Waals surface area contributed by atoms with E-state index in [1.165, 1.54) is 4.52 Å². The van der Waals surface area contributed by atoms with Crippen LogP contribution in [0.15, 0.2) is 30.5 Å². The fraction of sp³-hybridized carbons (Fsp3) is 0.235. The van der Waals surface area contributed by atoms with E-state index in [2.05, 4.69) is 25.9 Å². The van der Waals surface area contributed by atoms with Crippen molar-refractivity contribution >= 4 is 40.8 Å². The lowest BCUT2D eigenvalue weighted by Crippen LogP contribution is -2.42. The summed E-state index contributed by atoms with van der Waals surface area (Å²) in [5, 5.41) is 4.96. The van der Waals surface area contributed by atoms with Gasteiger partial charge in [0.25, 0.3) is 5.78 Å². The molecule has 11 heteroatoms. The zero-order chi connectivity index (χ0) is 20.1. The van der Waals surface area contributed by atoms with Gasteiger partial charge >= 0.3 is 5.91 Å². The average molecular weight is 423 g/mol. The molecule has 146 valence electrons. The molecule has 2 N–H and O–H groups in total. The normalized spacial score (nSPS) is 10.7. The number of aromatic nitrogens is 4. The third-order valence-corrected chi connectivity index (χ3v) is 4.18. The zero-order valence-electron chi connectivity index (χ0n) is 14.8. The minimum absolute atomic E-state index is 0.0946. The third-order valence-electron chi connectivity index (χ3n) is 3.65. The van der Waals surface area contributed by atoms with Gasteiger partial charge < -0.3 is 4.74 Å². The molecule has 0 atom stereocenters. The lowest BCUT2D eigenvalue weighted by molar-refractivity contribution is -0.122. The van der Waals surface area contributed by atoms with Gasteiger partial charge in [0, 0.05) is 23.3 Å². The maximum atomic E-state index is 12.1. The number of hydrogen-bond donors (Lipinski definition) is 2. The number of carbonyl (C=O) groups is 2. The maximum absolute atomic E-state index is 12.1. The smallest absolute Gasteiger partial charge is 0.309 e. The molecule has 0 aliphatic heterocycles. The molecule has 0 aliphatic rings. The maximum Gasteiger partial charge on any atom is 0.309 e. The number of fused-ring (bicyclic) bond motifs is 1. The number of nitrogens with one attached hydrogen (secondary N) is 2. The summed E-state index contributed by atoms with van der Waals surface area (Å²) >= 11 is 11.8. The number of carbonyl (C=O) groups excluding carboxylic acids is 2. The van der Waals surface area contributed by atoms with Crippen LogP contribution in [0.2, 0.25) is 10.0 Å². The summed E-state index contributed by atoms with van der Waals surface area (Å²) in [4.78, 5) is 31.9. The molecule has 2 heterocycles. The van der Waals surface area contributed by atoms with Gasteiger partial charge in [-0.25, -0.2) is 9.50 Å². The van der Waals surface area contributed by atoms with Crippen LogP contribution in [0.4, 0.5) is 0 Å². The summed E-state index contributed by atoms with van der Waals surface area (Å²) in [7, 11) is 0. The summed E-state index contributed by atoms with van der Waals surface area (Å²) in [6, 6.07) is 6.63. The Morgan fingerprint density at radius 2 is 2.04 bits per heavy atom. The highest BCUT2D eigenvalue weighted by molar-refractivity contribution is 6.35. The molecule has 2 amide bonds. The molecule has 0 saturated carbocycles. The number of rotatable bonds is 6. The number of nitrogens with zero attached hydrogens (tertiary/aromatic N) is 4. The predicted molar refractivity (Wildman–Crippen MR) is 102 cm³/mol. The number of hydrazine groups is 1. The molecule has 3 rings (SSSR count). The standard InChI is InChI=1S/C17H16Cl2N6O3/c1-10-6-7-20-17-21-15(24-25(10)17)16(27)23-22-14(26)3-2-8-28-13-5-4-11(18)9-12(13)19/h4-7,9H,2-3,8H2,1H3,(H,22,26)(H,23,27). The van der Waals surface area contributed by atoms with E-state index in [0.29, 0.717) is 28.0 Å². The molecule has 0 bridgehead atoms. The Balaban J connectivity index is 1.42. The van der Waals surface area contributed by atoms with Crippen molar-refractivity contribution in [2.24, 2.45) is 0 Å². The van der Waals surface area contributed by atoms with Crippen LogP contribution in [0.25, 0.3) is 5.78 Å². The van der Waals surface area contributed by atoms with Crippen LogP contribution in [0.3, 0.4) is 0 Å². The van der Waals surface area contributed by atoms with Crippen molar-refractivity contribution in [1.29, 1.82) is 0 Å². The van der Waals surface area contributed by atoms with E-state index in [0.717, 1.165) is 5.69 Å². The number of hydrogen-bond acceptors (Lipinski definition) is 6. The van der Waals surface area contributed by atoms with E-state index >= 15 is 0 Å². The first kappa shape index (κ1) is 19.8. The summed E-state index contributed by atoms with van der Waals surface area (Å²) in [5.41, 5.74) is 5.36. The minimum atomic E-state index is -0.637. The molecule has 1 aromatic carbocycles. The van der Waals surface area contributed by atoms with Gasteiger partial charge in [0.2, 0.25) is 11.7 Å². The molecular weight excluding hydrogens is 407 g/mol. The Bertz CT molecular complexity index is 1020. The van der Waals surface area contributed by atoms with E-state index in [1.807, 2.05) is 6.92 Å². The summed E-state index contributed by atoms with van der Waals surface area (Å²) < 4.78 is 6.93. The number of benzene rings is 1. The largest absolute Gasteiger partial charge is 0.492 e. The monoisotopic (exact) mass is 422 g/mol. The van der Waals surface area contributed by atoms with Gasteiger partial charge in [-0.2, -0.15) is 4.98 Å². The summed E-state index contributed by atoms with van der Waals surface area (Å²) in [5.74, 6) is -0.321. The first-order valence-electron chi connectivity index (χ1n) is 8.29. The highest BCUT2D eigenvalue weighted by atomic mass is 35.5. The molecule has 9 nitrogen and oxygen atoms in total. The van der Waals surface area contributed by atoms with Crippen molar-refractivity contribution in [2.45, 2.75) is 19.8 Å². The molecule has 0 unspecified atom stereocenters. The molecule has 0 spiro atoms. The topological polar surface area (TPSA) is 111 Å². The Morgan fingerprint density at radius 1 is 1.21 bits per heavy atom. The fourth-order valence-corrected chi connectivity index (χ4v) is 2.72. The predicted octanol–water partition coefficient (Wildman–Crippen LogP) is 2.36. The van der Waals surface area contributed by atoms with E-state index < -0.39 is 5.91 Å².